The van der Waals surface area contributed by atoms with Gasteiger partial charge in [-0.25, -0.2) is 4.39 Å². The van der Waals surface area contributed by atoms with Gasteiger partial charge in [-0.05, 0) is 31.2 Å². The van der Waals surface area contributed by atoms with Crippen molar-refractivity contribution in [3.05, 3.63) is 29.6 Å². The molecule has 1 fully saturated rings. The summed E-state index contributed by atoms with van der Waals surface area (Å²) in [5, 5.41) is 9.69. The summed E-state index contributed by atoms with van der Waals surface area (Å²) in [6.45, 7) is 4.75. The van der Waals surface area contributed by atoms with Crippen LogP contribution in [0.5, 0.6) is 0 Å². The van der Waals surface area contributed by atoms with E-state index in [9.17, 15) is 9.50 Å². The van der Waals surface area contributed by atoms with E-state index >= 15 is 0 Å². The van der Waals surface area contributed by atoms with Gasteiger partial charge in [-0.1, -0.05) is 19.1 Å². The van der Waals surface area contributed by atoms with Gasteiger partial charge in [0.2, 0.25) is 0 Å². The number of nitrogens with zero attached hydrogens (tertiary/aromatic N) is 1. The molecule has 94 valence electrons. The van der Waals surface area contributed by atoms with Crippen molar-refractivity contribution >= 4 is 5.69 Å². The van der Waals surface area contributed by atoms with Crippen LogP contribution in [0.15, 0.2) is 18.2 Å². The lowest BCUT2D eigenvalue weighted by Gasteiger charge is -2.24. The highest BCUT2D eigenvalue weighted by molar-refractivity contribution is 5.55. The quantitative estimate of drug-likeness (QED) is 0.870. The molecule has 1 aliphatic carbocycles. The van der Waals surface area contributed by atoms with Gasteiger partial charge in [0.1, 0.15) is 5.82 Å². The van der Waals surface area contributed by atoms with Gasteiger partial charge >= 0.3 is 0 Å². The summed E-state index contributed by atoms with van der Waals surface area (Å²) in [6, 6.07) is 4.89. The normalized spacial score (nSPS) is 24.5. The van der Waals surface area contributed by atoms with E-state index in [1.165, 1.54) is 12.5 Å². The summed E-state index contributed by atoms with van der Waals surface area (Å²) >= 11 is 0. The number of halogens is 1. The van der Waals surface area contributed by atoms with Gasteiger partial charge in [-0.15, -0.1) is 0 Å². The highest BCUT2D eigenvalue weighted by atomic mass is 19.1. The van der Waals surface area contributed by atoms with Gasteiger partial charge < -0.3 is 10.0 Å². The Hall–Kier alpha value is -1.09. The fourth-order valence-electron chi connectivity index (χ4n) is 2.37. The Labute approximate surface area is 102 Å². The van der Waals surface area contributed by atoms with Crippen LogP contribution in [0, 0.1) is 17.7 Å². The highest BCUT2D eigenvalue weighted by Crippen LogP contribution is 2.39. The molecule has 0 aromatic heterocycles. The maximum atomic E-state index is 13.9. The predicted molar refractivity (Wildman–Crippen MR) is 67.6 cm³/mol. The first kappa shape index (κ1) is 12.4. The van der Waals surface area contributed by atoms with E-state index in [1.807, 2.05) is 11.9 Å². The summed E-state index contributed by atoms with van der Waals surface area (Å²) in [6.07, 6.45) is 0.586. The second-order valence-corrected chi connectivity index (χ2v) is 5.21. The van der Waals surface area contributed by atoms with Crippen molar-refractivity contribution in [2.45, 2.75) is 26.4 Å². The summed E-state index contributed by atoms with van der Waals surface area (Å²) in [5.74, 6) is 1.17. The van der Waals surface area contributed by atoms with Crippen LogP contribution in [-0.2, 0) is 0 Å². The zero-order valence-electron chi connectivity index (χ0n) is 10.7. The lowest BCUT2D eigenvalue weighted by molar-refractivity contribution is 0.199. The molecule has 1 aliphatic rings. The number of hydrogen-bond donors (Lipinski definition) is 1. The van der Waals surface area contributed by atoms with Crippen LogP contribution in [0.4, 0.5) is 10.1 Å². The van der Waals surface area contributed by atoms with Crippen LogP contribution >= 0.6 is 0 Å². The van der Waals surface area contributed by atoms with Gasteiger partial charge in [0, 0.05) is 19.2 Å². The molecular formula is C14H20FNO. The van der Waals surface area contributed by atoms with Crippen molar-refractivity contribution in [2.75, 3.05) is 18.5 Å². The third-order valence-electron chi connectivity index (χ3n) is 3.63. The lowest BCUT2D eigenvalue weighted by atomic mass is 10.1. The molecule has 2 unspecified atom stereocenters. The molecule has 0 spiro atoms. The fourth-order valence-corrected chi connectivity index (χ4v) is 2.37. The maximum Gasteiger partial charge on any atom is 0.146 e. The Morgan fingerprint density at radius 2 is 2.18 bits per heavy atom. The smallest absolute Gasteiger partial charge is 0.146 e. The van der Waals surface area contributed by atoms with E-state index in [4.69, 9.17) is 0 Å². The zero-order chi connectivity index (χ0) is 12.6. The fraction of sp³-hybridized carbons (Fsp3) is 0.571. The number of benzene rings is 1. The molecule has 0 heterocycles. The molecule has 0 amide bonds. The lowest BCUT2D eigenvalue weighted by Crippen LogP contribution is -2.23. The Morgan fingerprint density at radius 1 is 1.53 bits per heavy atom. The molecule has 0 saturated heterocycles. The predicted octanol–water partition coefficient (Wildman–Crippen LogP) is 2.97. The molecule has 2 nitrogen and oxygen atoms in total. The minimum absolute atomic E-state index is 0.251. The average molecular weight is 237 g/mol. The van der Waals surface area contributed by atoms with Crippen LogP contribution < -0.4 is 4.90 Å². The molecule has 1 N–H and O–H groups in total. The van der Waals surface area contributed by atoms with Crippen molar-refractivity contribution in [1.29, 1.82) is 0 Å². The number of aliphatic hydroxyl groups is 1. The standard InChI is InChI=1S/C14H20FNO/c1-9-7-11(9)8-16(3)14-12(10(2)17)5-4-6-13(14)15/h4-6,9-11,17H,7-8H2,1-3H3/t9?,10-,11?/m1/s1. The number of rotatable bonds is 4. The third-order valence-corrected chi connectivity index (χ3v) is 3.63. The molecule has 3 atom stereocenters. The molecule has 0 bridgehead atoms. The Balaban J connectivity index is 2.23. The number of anilines is 1. The molecular weight excluding hydrogens is 217 g/mol. The van der Waals surface area contributed by atoms with E-state index in [2.05, 4.69) is 6.92 Å². The average Bonchev–Trinajstić information content (AvgIpc) is 2.93. The number of aliphatic hydroxyl groups excluding tert-OH is 1. The zero-order valence-corrected chi connectivity index (χ0v) is 10.7. The monoisotopic (exact) mass is 237 g/mol. The van der Waals surface area contributed by atoms with E-state index < -0.39 is 6.10 Å². The van der Waals surface area contributed by atoms with Crippen LogP contribution in [0.3, 0.4) is 0 Å². The molecule has 1 saturated carbocycles. The third kappa shape index (κ3) is 2.60. The maximum absolute atomic E-state index is 13.9. The van der Waals surface area contributed by atoms with Crippen molar-refractivity contribution in [2.24, 2.45) is 11.8 Å². The Morgan fingerprint density at radius 3 is 2.71 bits per heavy atom. The van der Waals surface area contributed by atoms with Crippen LogP contribution in [0.25, 0.3) is 0 Å². The van der Waals surface area contributed by atoms with E-state index in [0.717, 1.165) is 12.5 Å². The first-order valence-corrected chi connectivity index (χ1v) is 6.18. The first-order valence-electron chi connectivity index (χ1n) is 6.18. The second kappa shape index (κ2) is 4.65. The van der Waals surface area contributed by atoms with E-state index in [1.54, 1.807) is 19.1 Å². The minimum atomic E-state index is -0.639. The Bertz CT molecular complexity index is 405. The van der Waals surface area contributed by atoms with Gasteiger partial charge in [-0.2, -0.15) is 0 Å². The van der Waals surface area contributed by atoms with Crippen molar-refractivity contribution < 1.29 is 9.50 Å². The van der Waals surface area contributed by atoms with Crippen molar-refractivity contribution in [3.8, 4) is 0 Å². The topological polar surface area (TPSA) is 23.5 Å². The molecule has 1 aromatic rings. The summed E-state index contributed by atoms with van der Waals surface area (Å²) in [7, 11) is 1.90. The van der Waals surface area contributed by atoms with Gasteiger partial charge in [-0.3, -0.25) is 0 Å². The van der Waals surface area contributed by atoms with Crippen LogP contribution in [0.1, 0.15) is 31.9 Å². The van der Waals surface area contributed by atoms with Gasteiger partial charge in [0.05, 0.1) is 11.8 Å². The molecule has 0 aliphatic heterocycles. The highest BCUT2D eigenvalue weighted by Gasteiger charge is 2.34. The van der Waals surface area contributed by atoms with E-state index in [-0.39, 0.29) is 5.82 Å². The largest absolute Gasteiger partial charge is 0.389 e. The number of para-hydroxylation sites is 1. The van der Waals surface area contributed by atoms with Crippen LogP contribution in [-0.4, -0.2) is 18.7 Å². The number of hydrogen-bond acceptors (Lipinski definition) is 2. The summed E-state index contributed by atoms with van der Waals surface area (Å²) in [4.78, 5) is 1.94. The first-order chi connectivity index (χ1) is 8.00. The summed E-state index contributed by atoms with van der Waals surface area (Å²) < 4.78 is 13.9. The molecule has 3 heteroatoms. The Kier molecular flexibility index (Phi) is 3.38. The molecule has 17 heavy (non-hydrogen) atoms. The SMILES string of the molecule is CC1CC1CN(C)c1c(F)cccc1[C@@H](C)O. The van der Waals surface area contributed by atoms with Crippen molar-refractivity contribution in [3.63, 3.8) is 0 Å². The molecule has 1 aromatic carbocycles. The summed E-state index contributed by atoms with van der Waals surface area (Å²) in [5.41, 5.74) is 1.21. The van der Waals surface area contributed by atoms with Gasteiger partial charge in [0.15, 0.2) is 0 Å². The van der Waals surface area contributed by atoms with Gasteiger partial charge in [0.25, 0.3) is 0 Å². The molecule has 2 rings (SSSR count). The molecule has 0 radical (unpaired) electrons. The van der Waals surface area contributed by atoms with Crippen molar-refractivity contribution in [1.82, 2.24) is 0 Å². The van der Waals surface area contributed by atoms with E-state index in [0.29, 0.717) is 17.2 Å². The minimum Gasteiger partial charge on any atom is -0.389 e. The second-order valence-electron chi connectivity index (χ2n) is 5.21. The van der Waals surface area contributed by atoms with Crippen LogP contribution in [0.2, 0.25) is 0 Å².